The van der Waals surface area contributed by atoms with Crippen molar-refractivity contribution in [1.29, 1.82) is 0 Å². The highest BCUT2D eigenvalue weighted by atomic mass is 32.2. The molecule has 138 valence electrons. The first kappa shape index (κ1) is 16.9. The van der Waals surface area contributed by atoms with Gasteiger partial charge in [0, 0.05) is 22.8 Å². The van der Waals surface area contributed by atoms with E-state index in [1.54, 1.807) is 54.7 Å². The van der Waals surface area contributed by atoms with Crippen LogP contribution in [0.4, 0.5) is 0 Å². The van der Waals surface area contributed by atoms with Crippen LogP contribution in [-0.2, 0) is 22.9 Å². The summed E-state index contributed by atoms with van der Waals surface area (Å²) in [5.41, 5.74) is 2.79. The molecule has 4 aromatic rings. The SMILES string of the molecule is O=C1c2ccccc2CCc2c1c1cccnc1n2S(=O)(=O)c1ccccc1. The van der Waals surface area contributed by atoms with E-state index in [1.807, 2.05) is 18.2 Å². The summed E-state index contributed by atoms with van der Waals surface area (Å²) in [5.74, 6) is -0.150. The molecule has 0 unspecified atom stereocenters. The van der Waals surface area contributed by atoms with E-state index < -0.39 is 10.0 Å². The van der Waals surface area contributed by atoms with Crippen molar-refractivity contribution in [2.24, 2.45) is 0 Å². The molecule has 1 aliphatic rings. The minimum atomic E-state index is -3.89. The van der Waals surface area contributed by atoms with Crippen molar-refractivity contribution >= 4 is 26.8 Å². The molecule has 28 heavy (non-hydrogen) atoms. The Morgan fingerprint density at radius 3 is 2.43 bits per heavy atom. The second kappa shape index (κ2) is 6.14. The highest BCUT2D eigenvalue weighted by Gasteiger charge is 2.32. The first-order valence-electron chi connectivity index (χ1n) is 9.00. The van der Waals surface area contributed by atoms with Crippen molar-refractivity contribution in [3.05, 3.63) is 95.3 Å². The largest absolute Gasteiger partial charge is 0.289 e. The second-order valence-electron chi connectivity index (χ2n) is 6.77. The number of aryl methyl sites for hydroxylation is 1. The smallest absolute Gasteiger partial charge is 0.269 e. The number of hydrogen-bond acceptors (Lipinski definition) is 4. The molecule has 0 bridgehead atoms. The van der Waals surface area contributed by atoms with E-state index in [1.165, 1.54) is 3.97 Å². The number of pyridine rings is 1. The molecule has 0 atom stereocenters. The summed E-state index contributed by atoms with van der Waals surface area (Å²) in [6.45, 7) is 0. The maximum absolute atomic E-state index is 13.5. The number of rotatable bonds is 2. The molecule has 6 heteroatoms. The molecular weight excluding hydrogens is 372 g/mol. The Hall–Kier alpha value is -3.25. The van der Waals surface area contributed by atoms with E-state index in [0.29, 0.717) is 40.7 Å². The van der Waals surface area contributed by atoms with Gasteiger partial charge < -0.3 is 0 Å². The van der Waals surface area contributed by atoms with Crippen LogP contribution in [0.2, 0.25) is 0 Å². The van der Waals surface area contributed by atoms with Gasteiger partial charge in [0.15, 0.2) is 11.4 Å². The number of nitrogens with zero attached hydrogens (tertiary/aromatic N) is 2. The van der Waals surface area contributed by atoms with Gasteiger partial charge in [-0.15, -0.1) is 0 Å². The van der Waals surface area contributed by atoms with E-state index in [4.69, 9.17) is 0 Å². The molecule has 0 amide bonds. The Labute approximate surface area is 162 Å². The first-order chi connectivity index (χ1) is 13.6. The van der Waals surface area contributed by atoms with Crippen molar-refractivity contribution in [1.82, 2.24) is 8.96 Å². The molecule has 0 radical (unpaired) electrons. The minimum absolute atomic E-state index is 0.150. The summed E-state index contributed by atoms with van der Waals surface area (Å²) in [5, 5.41) is 0.568. The Kier molecular flexibility index (Phi) is 3.70. The highest BCUT2D eigenvalue weighted by Crippen LogP contribution is 2.34. The third kappa shape index (κ3) is 2.34. The Balaban J connectivity index is 1.86. The average Bonchev–Trinajstić information content (AvgIpc) is 3.00. The van der Waals surface area contributed by atoms with Crippen LogP contribution in [0.25, 0.3) is 11.0 Å². The molecule has 2 aromatic carbocycles. The summed E-state index contributed by atoms with van der Waals surface area (Å²) < 4.78 is 28.2. The van der Waals surface area contributed by atoms with Crippen molar-refractivity contribution in [2.45, 2.75) is 17.7 Å². The van der Waals surface area contributed by atoms with Gasteiger partial charge in [0.1, 0.15) is 0 Å². The van der Waals surface area contributed by atoms with Gasteiger partial charge >= 0.3 is 0 Å². The normalized spacial score (nSPS) is 13.8. The van der Waals surface area contributed by atoms with E-state index in [9.17, 15) is 13.2 Å². The first-order valence-corrected chi connectivity index (χ1v) is 10.4. The maximum atomic E-state index is 13.5. The monoisotopic (exact) mass is 388 g/mol. The highest BCUT2D eigenvalue weighted by molar-refractivity contribution is 7.90. The van der Waals surface area contributed by atoms with Crippen molar-refractivity contribution in [3.8, 4) is 0 Å². The second-order valence-corrected chi connectivity index (χ2v) is 8.55. The summed E-state index contributed by atoms with van der Waals surface area (Å²) in [6.07, 6.45) is 2.59. The molecule has 0 spiro atoms. The molecule has 1 aliphatic carbocycles. The van der Waals surface area contributed by atoms with Crippen molar-refractivity contribution in [2.75, 3.05) is 0 Å². The van der Waals surface area contributed by atoms with Crippen LogP contribution < -0.4 is 0 Å². The molecule has 0 fully saturated rings. The van der Waals surface area contributed by atoms with Crippen LogP contribution in [0.3, 0.4) is 0 Å². The fourth-order valence-corrected chi connectivity index (χ4v) is 5.48. The van der Waals surface area contributed by atoms with Gasteiger partial charge in [-0.1, -0.05) is 42.5 Å². The van der Waals surface area contributed by atoms with Crippen LogP contribution in [-0.4, -0.2) is 23.2 Å². The molecule has 2 aromatic heterocycles. The number of benzene rings is 2. The lowest BCUT2D eigenvalue weighted by Gasteiger charge is -2.11. The summed E-state index contributed by atoms with van der Waals surface area (Å²) >= 11 is 0. The summed E-state index contributed by atoms with van der Waals surface area (Å²) in [7, 11) is -3.89. The molecule has 5 nitrogen and oxygen atoms in total. The van der Waals surface area contributed by atoms with Crippen LogP contribution in [0.5, 0.6) is 0 Å². The number of carbonyl (C=O) groups is 1. The Morgan fingerprint density at radius 1 is 0.857 bits per heavy atom. The molecule has 0 saturated heterocycles. The minimum Gasteiger partial charge on any atom is -0.289 e. The van der Waals surface area contributed by atoms with Gasteiger partial charge in [-0.2, -0.15) is 0 Å². The molecule has 0 N–H and O–H groups in total. The van der Waals surface area contributed by atoms with Gasteiger partial charge in [-0.3, -0.25) is 4.79 Å². The van der Waals surface area contributed by atoms with Gasteiger partial charge in [-0.25, -0.2) is 17.4 Å². The number of fused-ring (bicyclic) bond motifs is 4. The van der Waals surface area contributed by atoms with Crippen molar-refractivity contribution < 1.29 is 13.2 Å². The standard InChI is InChI=1S/C22H16N2O3S/c25-21-17-10-5-4-7-15(17)12-13-19-20(21)18-11-6-14-23-22(18)24(19)28(26,27)16-8-2-1-3-9-16/h1-11,14H,12-13H2. The van der Waals surface area contributed by atoms with E-state index in [-0.39, 0.29) is 10.7 Å². The van der Waals surface area contributed by atoms with Crippen LogP contribution in [0.15, 0.2) is 77.8 Å². The number of ketones is 1. The van der Waals surface area contributed by atoms with Gasteiger partial charge in [0.2, 0.25) is 0 Å². The quantitative estimate of drug-likeness (QED) is 0.526. The zero-order valence-corrected chi connectivity index (χ0v) is 15.7. The fraction of sp³-hybridized carbons (Fsp3) is 0.0909. The zero-order valence-electron chi connectivity index (χ0n) is 14.9. The summed E-state index contributed by atoms with van der Waals surface area (Å²) in [4.78, 5) is 17.9. The van der Waals surface area contributed by atoms with Crippen LogP contribution in [0.1, 0.15) is 27.2 Å². The average molecular weight is 388 g/mol. The van der Waals surface area contributed by atoms with Gasteiger partial charge in [0.05, 0.1) is 10.5 Å². The lowest BCUT2D eigenvalue weighted by atomic mass is 9.99. The molecule has 0 aliphatic heterocycles. The zero-order chi connectivity index (χ0) is 19.3. The fourth-order valence-electron chi connectivity index (χ4n) is 3.92. The molecule has 0 saturated carbocycles. The Bertz CT molecular complexity index is 1340. The van der Waals surface area contributed by atoms with E-state index in [0.717, 1.165) is 5.56 Å². The lowest BCUT2D eigenvalue weighted by molar-refractivity contribution is 0.103. The number of carbonyl (C=O) groups excluding carboxylic acids is 1. The third-order valence-corrected chi connectivity index (χ3v) is 6.93. The predicted molar refractivity (Wildman–Crippen MR) is 106 cm³/mol. The van der Waals surface area contributed by atoms with E-state index in [2.05, 4.69) is 4.98 Å². The lowest BCUT2D eigenvalue weighted by Crippen LogP contribution is -2.17. The molecule has 5 rings (SSSR count). The number of hydrogen-bond donors (Lipinski definition) is 0. The molecular formula is C22H16N2O3S. The number of aromatic nitrogens is 2. The van der Waals surface area contributed by atoms with Crippen LogP contribution in [0, 0.1) is 0 Å². The maximum Gasteiger partial charge on any atom is 0.269 e. The Morgan fingerprint density at radius 2 is 1.61 bits per heavy atom. The van der Waals surface area contributed by atoms with E-state index >= 15 is 0 Å². The predicted octanol–water partition coefficient (Wildman–Crippen LogP) is 3.60. The van der Waals surface area contributed by atoms with Gasteiger partial charge in [-0.05, 0) is 42.7 Å². The van der Waals surface area contributed by atoms with Gasteiger partial charge in [0.25, 0.3) is 10.0 Å². The van der Waals surface area contributed by atoms with Crippen LogP contribution >= 0.6 is 0 Å². The molecule has 2 heterocycles. The third-order valence-electron chi connectivity index (χ3n) is 5.18. The van der Waals surface area contributed by atoms with Crippen molar-refractivity contribution in [3.63, 3.8) is 0 Å². The summed E-state index contributed by atoms with van der Waals surface area (Å²) in [6, 6.07) is 19.2. The topological polar surface area (TPSA) is 69.0 Å².